The molecule has 14 rings (SSSR count). The zero-order chi connectivity index (χ0) is 48.0. The predicted molar refractivity (Wildman–Crippen MR) is 297 cm³/mol. The van der Waals surface area contributed by atoms with Crippen LogP contribution in [0.3, 0.4) is 0 Å². The minimum absolute atomic E-state index is 0.131. The topological polar surface area (TPSA) is 16.4 Å². The quantitative estimate of drug-likeness (QED) is 0.165. The van der Waals surface area contributed by atoms with Gasteiger partial charge in [0.15, 0.2) is 0 Å². The normalized spacial score (nSPS) is 15.0. The third-order valence-electron chi connectivity index (χ3n) is 16.7. The molecule has 0 atom stereocenters. The molecule has 0 N–H and O–H groups in total. The zero-order valence-electron chi connectivity index (χ0n) is 41.1. The van der Waals surface area contributed by atoms with Crippen molar-refractivity contribution in [3.05, 3.63) is 246 Å². The van der Waals surface area contributed by atoms with Gasteiger partial charge in [0, 0.05) is 49.6 Å². The highest BCUT2D eigenvalue weighted by Crippen LogP contribution is 2.58. The van der Waals surface area contributed by atoms with E-state index in [0.717, 1.165) is 50.1 Å². The van der Waals surface area contributed by atoms with Crippen molar-refractivity contribution in [2.24, 2.45) is 0 Å². The number of rotatable bonds is 6. The molecule has 0 aliphatic heterocycles. The molecule has 3 aliphatic rings. The molecule has 340 valence electrons. The second-order valence-electron chi connectivity index (χ2n) is 21.7. The fourth-order valence-corrected chi connectivity index (χ4v) is 12.9. The SMILES string of the molecule is CC1(C)c2ccccc2-c2ccc(N(c3ccc(-c4cccc5c4-c4cc6c(cc4C5(C)C)-c4ccc(-c5ccccc5)cc4C6(C)C)cc3)c3ccc(-c4cccc5c4oc4ccccc45)cc3)cc21. The minimum Gasteiger partial charge on any atom is -0.455 e. The first-order chi connectivity index (χ1) is 34.5. The summed E-state index contributed by atoms with van der Waals surface area (Å²) in [4.78, 5) is 2.43. The molecule has 2 heteroatoms. The Morgan fingerprint density at radius 2 is 0.789 bits per heavy atom. The lowest BCUT2D eigenvalue weighted by molar-refractivity contribution is 0.652. The van der Waals surface area contributed by atoms with Crippen LogP contribution in [-0.4, -0.2) is 0 Å². The number of hydrogen-bond acceptors (Lipinski definition) is 2. The summed E-state index contributed by atoms with van der Waals surface area (Å²) in [5.74, 6) is 0. The first kappa shape index (κ1) is 41.7. The van der Waals surface area contributed by atoms with Gasteiger partial charge in [0.05, 0.1) is 0 Å². The fraction of sp³-hybridized carbons (Fsp3) is 0.130. The largest absolute Gasteiger partial charge is 0.455 e. The second-order valence-corrected chi connectivity index (χ2v) is 21.7. The Morgan fingerprint density at radius 1 is 0.296 bits per heavy atom. The molecule has 0 spiro atoms. The van der Waals surface area contributed by atoms with E-state index in [9.17, 15) is 0 Å². The summed E-state index contributed by atoms with van der Waals surface area (Å²) >= 11 is 0. The molecule has 11 aromatic rings. The van der Waals surface area contributed by atoms with Gasteiger partial charge >= 0.3 is 0 Å². The van der Waals surface area contributed by atoms with Crippen LogP contribution in [0.4, 0.5) is 17.1 Å². The van der Waals surface area contributed by atoms with Crippen molar-refractivity contribution in [1.82, 2.24) is 0 Å². The molecule has 10 aromatic carbocycles. The second kappa shape index (κ2) is 14.9. The molecule has 0 amide bonds. The van der Waals surface area contributed by atoms with Crippen LogP contribution >= 0.6 is 0 Å². The van der Waals surface area contributed by atoms with E-state index in [-0.39, 0.29) is 16.2 Å². The van der Waals surface area contributed by atoms with E-state index >= 15 is 0 Å². The van der Waals surface area contributed by atoms with E-state index in [4.69, 9.17) is 4.42 Å². The highest BCUT2D eigenvalue weighted by Gasteiger charge is 2.43. The third kappa shape index (κ3) is 6.01. The maximum Gasteiger partial charge on any atom is 0.143 e. The molecule has 3 aliphatic carbocycles. The molecule has 0 radical (unpaired) electrons. The van der Waals surface area contributed by atoms with Crippen LogP contribution < -0.4 is 4.90 Å². The lowest BCUT2D eigenvalue weighted by Gasteiger charge is -2.28. The number of furan rings is 1. The van der Waals surface area contributed by atoms with Crippen LogP contribution in [0.15, 0.2) is 217 Å². The van der Waals surface area contributed by atoms with Crippen molar-refractivity contribution in [1.29, 1.82) is 0 Å². The smallest absolute Gasteiger partial charge is 0.143 e. The lowest BCUT2D eigenvalue weighted by Crippen LogP contribution is -2.17. The number of para-hydroxylation sites is 2. The molecule has 2 nitrogen and oxygen atoms in total. The molecule has 0 saturated heterocycles. The fourth-order valence-electron chi connectivity index (χ4n) is 12.9. The van der Waals surface area contributed by atoms with Crippen LogP contribution in [0.5, 0.6) is 0 Å². The van der Waals surface area contributed by atoms with Crippen molar-refractivity contribution in [2.75, 3.05) is 4.90 Å². The average molecular weight is 912 g/mol. The summed E-state index contributed by atoms with van der Waals surface area (Å²) in [6.45, 7) is 14.4. The van der Waals surface area contributed by atoms with Crippen molar-refractivity contribution in [2.45, 2.75) is 57.8 Å². The van der Waals surface area contributed by atoms with Gasteiger partial charge in [0.25, 0.3) is 0 Å². The van der Waals surface area contributed by atoms with E-state index in [1.165, 1.54) is 89.0 Å². The standard InChI is InChI=1S/C69H53NO/c1-67(2)58-23-12-10-18-51(58)52-37-35-48(39-61(52)67)70(47-33-28-44(29-34-47)50-21-14-22-55-54-19-11-13-25-64(54)71-66(50)55)46-31-26-43(27-32-46)49-20-15-24-59-65(49)57-41-62-56(40-63(57)68(59,3)4)53-36-30-45(38-60(53)69(62,5)6)42-16-8-7-9-17-42/h7-41H,1-6H3. The van der Waals surface area contributed by atoms with E-state index < -0.39 is 0 Å². The predicted octanol–water partition coefficient (Wildman–Crippen LogP) is 19.0. The Kier molecular flexibility index (Phi) is 8.76. The van der Waals surface area contributed by atoms with Gasteiger partial charge in [-0.15, -0.1) is 0 Å². The molecule has 0 unspecified atom stereocenters. The van der Waals surface area contributed by atoms with Crippen LogP contribution in [0.2, 0.25) is 0 Å². The number of fused-ring (bicyclic) bond motifs is 12. The van der Waals surface area contributed by atoms with E-state index in [0.29, 0.717) is 0 Å². The Bertz CT molecular complexity index is 4000. The number of hydrogen-bond donors (Lipinski definition) is 0. The van der Waals surface area contributed by atoms with E-state index in [1.54, 1.807) is 0 Å². The Labute approximate surface area is 416 Å². The monoisotopic (exact) mass is 911 g/mol. The first-order valence-corrected chi connectivity index (χ1v) is 25.2. The van der Waals surface area contributed by atoms with Crippen LogP contribution in [0.25, 0.3) is 88.7 Å². The number of benzene rings is 10. The highest BCUT2D eigenvalue weighted by atomic mass is 16.3. The average Bonchev–Trinajstić information content (AvgIpc) is 4.05. The maximum absolute atomic E-state index is 6.50. The molecular formula is C69H53NO. The third-order valence-corrected chi connectivity index (χ3v) is 16.7. The van der Waals surface area contributed by atoms with Gasteiger partial charge in [0.2, 0.25) is 0 Å². The molecular weight excluding hydrogens is 859 g/mol. The Balaban J connectivity index is 0.870. The summed E-state index contributed by atoms with van der Waals surface area (Å²) in [5.41, 5.74) is 28.3. The summed E-state index contributed by atoms with van der Waals surface area (Å²) in [6, 6.07) is 79.0. The van der Waals surface area contributed by atoms with Gasteiger partial charge in [-0.25, -0.2) is 0 Å². The van der Waals surface area contributed by atoms with Crippen molar-refractivity contribution in [3.63, 3.8) is 0 Å². The van der Waals surface area contributed by atoms with Gasteiger partial charge in [-0.05, 0) is 155 Å². The first-order valence-electron chi connectivity index (χ1n) is 25.2. The lowest BCUT2D eigenvalue weighted by atomic mass is 9.79. The van der Waals surface area contributed by atoms with Crippen LogP contribution in [-0.2, 0) is 16.2 Å². The van der Waals surface area contributed by atoms with Gasteiger partial charge in [-0.2, -0.15) is 0 Å². The minimum atomic E-state index is -0.160. The maximum atomic E-state index is 6.50. The molecule has 0 bridgehead atoms. The van der Waals surface area contributed by atoms with E-state index in [1.807, 2.05) is 6.07 Å². The Morgan fingerprint density at radius 3 is 1.58 bits per heavy atom. The van der Waals surface area contributed by atoms with Crippen LogP contribution in [0.1, 0.15) is 74.9 Å². The van der Waals surface area contributed by atoms with Gasteiger partial charge < -0.3 is 9.32 Å². The summed E-state index contributed by atoms with van der Waals surface area (Å²) < 4.78 is 6.50. The Hall–Kier alpha value is -8.20. The molecule has 71 heavy (non-hydrogen) atoms. The van der Waals surface area contributed by atoms with E-state index in [2.05, 4.69) is 253 Å². The van der Waals surface area contributed by atoms with Crippen molar-refractivity contribution >= 4 is 39.0 Å². The van der Waals surface area contributed by atoms with Gasteiger partial charge in [-0.1, -0.05) is 193 Å². The number of anilines is 3. The molecule has 0 saturated carbocycles. The zero-order valence-corrected chi connectivity index (χ0v) is 41.1. The van der Waals surface area contributed by atoms with Crippen LogP contribution in [0, 0.1) is 0 Å². The summed E-state index contributed by atoms with van der Waals surface area (Å²) in [5, 5.41) is 2.28. The van der Waals surface area contributed by atoms with Gasteiger partial charge in [-0.3, -0.25) is 0 Å². The highest BCUT2D eigenvalue weighted by molar-refractivity contribution is 6.09. The van der Waals surface area contributed by atoms with Crippen molar-refractivity contribution in [3.8, 4) is 66.8 Å². The summed E-state index contributed by atoms with van der Waals surface area (Å²) in [6.07, 6.45) is 0. The van der Waals surface area contributed by atoms with Crippen molar-refractivity contribution < 1.29 is 4.42 Å². The molecule has 1 heterocycles. The summed E-state index contributed by atoms with van der Waals surface area (Å²) in [7, 11) is 0. The number of nitrogens with zero attached hydrogens (tertiary/aromatic N) is 1. The molecule has 1 aromatic heterocycles. The molecule has 0 fully saturated rings. The van der Waals surface area contributed by atoms with Gasteiger partial charge in [0.1, 0.15) is 11.2 Å².